The molecule has 1 aliphatic rings. The lowest BCUT2D eigenvalue weighted by atomic mass is 10.1. The molecule has 0 aromatic heterocycles. The smallest absolute Gasteiger partial charge is 0.223 e. The zero-order valence-corrected chi connectivity index (χ0v) is 8.84. The maximum atomic E-state index is 11.5. The van der Waals surface area contributed by atoms with Crippen LogP contribution in [0.2, 0.25) is 0 Å². The van der Waals surface area contributed by atoms with Crippen molar-refractivity contribution in [3.63, 3.8) is 0 Å². The third-order valence-corrected chi connectivity index (χ3v) is 2.98. The van der Waals surface area contributed by atoms with Gasteiger partial charge in [-0.15, -0.1) is 11.6 Å². The highest BCUT2D eigenvalue weighted by molar-refractivity contribution is 6.18. The Morgan fingerprint density at radius 1 is 1.69 bits per heavy atom. The minimum absolute atomic E-state index is 0.00620. The number of aliphatic hydroxyl groups is 1. The molecule has 1 aliphatic heterocycles. The van der Waals surface area contributed by atoms with Gasteiger partial charge in [0, 0.05) is 18.8 Å². The summed E-state index contributed by atoms with van der Waals surface area (Å²) in [6.07, 6.45) is 0.521. The van der Waals surface area contributed by atoms with E-state index in [0.717, 1.165) is 0 Å². The van der Waals surface area contributed by atoms with Crippen molar-refractivity contribution in [2.45, 2.75) is 25.8 Å². The van der Waals surface area contributed by atoms with E-state index in [1.165, 1.54) is 0 Å². The second-order valence-corrected chi connectivity index (χ2v) is 4.51. The number of carbonyl (C=O) groups is 1. The van der Waals surface area contributed by atoms with Gasteiger partial charge in [0.15, 0.2) is 0 Å². The third kappa shape index (κ3) is 2.15. The van der Waals surface area contributed by atoms with Crippen molar-refractivity contribution >= 4 is 17.5 Å². The number of rotatable bonds is 3. The normalized spacial score (nSPS) is 24.2. The molecule has 0 aromatic rings. The summed E-state index contributed by atoms with van der Waals surface area (Å²) >= 11 is 5.69. The average Bonchev–Trinajstić information content (AvgIpc) is 2.47. The van der Waals surface area contributed by atoms with E-state index in [9.17, 15) is 4.79 Å². The van der Waals surface area contributed by atoms with Crippen LogP contribution in [0.3, 0.4) is 0 Å². The summed E-state index contributed by atoms with van der Waals surface area (Å²) in [4.78, 5) is 13.2. The number of carbonyl (C=O) groups excluding carboxylic acids is 1. The number of alkyl halides is 1. The lowest BCUT2D eigenvalue weighted by Crippen LogP contribution is -2.47. The number of halogens is 1. The van der Waals surface area contributed by atoms with Crippen LogP contribution >= 0.6 is 11.6 Å². The zero-order valence-electron chi connectivity index (χ0n) is 8.09. The summed E-state index contributed by atoms with van der Waals surface area (Å²) in [6.45, 7) is 4.40. The molecular weight excluding hydrogens is 190 g/mol. The molecule has 1 fully saturated rings. The van der Waals surface area contributed by atoms with Crippen LogP contribution in [0.5, 0.6) is 0 Å². The van der Waals surface area contributed by atoms with E-state index >= 15 is 0 Å². The first kappa shape index (κ1) is 10.8. The Labute approximate surface area is 83.7 Å². The van der Waals surface area contributed by atoms with Crippen LogP contribution in [0, 0.1) is 5.92 Å². The van der Waals surface area contributed by atoms with Crippen molar-refractivity contribution in [1.29, 1.82) is 0 Å². The number of amides is 1. The lowest BCUT2D eigenvalue weighted by Gasteiger charge is -2.33. The fourth-order valence-corrected chi connectivity index (χ4v) is 1.76. The predicted molar refractivity (Wildman–Crippen MR) is 51.7 cm³/mol. The van der Waals surface area contributed by atoms with Crippen LogP contribution < -0.4 is 0 Å². The molecule has 1 heterocycles. The van der Waals surface area contributed by atoms with Crippen LogP contribution in [0.4, 0.5) is 0 Å². The van der Waals surface area contributed by atoms with Crippen LogP contribution in [0.25, 0.3) is 0 Å². The summed E-state index contributed by atoms with van der Waals surface area (Å²) in [6, 6.07) is 0. The van der Waals surface area contributed by atoms with Gasteiger partial charge in [0.2, 0.25) is 5.91 Å². The predicted octanol–water partition coefficient (Wildman–Crippen LogP) is 0.845. The maximum Gasteiger partial charge on any atom is 0.223 e. The Morgan fingerprint density at radius 3 is 2.69 bits per heavy atom. The Bertz CT molecular complexity index is 206. The summed E-state index contributed by atoms with van der Waals surface area (Å²) in [5, 5.41) is 9.10. The van der Waals surface area contributed by atoms with Gasteiger partial charge in [-0.2, -0.15) is 0 Å². The van der Waals surface area contributed by atoms with Crippen LogP contribution in [-0.4, -0.2) is 40.5 Å². The fraction of sp³-hybridized carbons (Fsp3) is 0.889. The van der Waals surface area contributed by atoms with Crippen molar-refractivity contribution in [3.05, 3.63) is 0 Å². The third-order valence-electron chi connectivity index (χ3n) is 2.54. The summed E-state index contributed by atoms with van der Waals surface area (Å²) < 4.78 is 0. The van der Waals surface area contributed by atoms with Gasteiger partial charge in [-0.1, -0.05) is 0 Å². The van der Waals surface area contributed by atoms with Crippen LogP contribution in [0.1, 0.15) is 20.3 Å². The lowest BCUT2D eigenvalue weighted by molar-refractivity contribution is -0.133. The van der Waals surface area contributed by atoms with E-state index in [0.29, 0.717) is 18.8 Å². The maximum absolute atomic E-state index is 11.5. The molecule has 1 saturated heterocycles. The fourth-order valence-electron chi connectivity index (χ4n) is 1.56. The summed E-state index contributed by atoms with van der Waals surface area (Å²) in [7, 11) is 0. The van der Waals surface area contributed by atoms with Crippen molar-refractivity contribution in [3.8, 4) is 0 Å². The number of nitrogens with zero attached hydrogens (tertiary/aromatic N) is 1. The molecular formula is C9H16ClNO2. The first-order valence-corrected chi connectivity index (χ1v) is 5.02. The molecule has 1 N–H and O–H groups in total. The number of hydrogen-bond donors (Lipinski definition) is 1. The Hall–Kier alpha value is -0.280. The minimum Gasteiger partial charge on any atom is -0.394 e. The molecule has 1 unspecified atom stereocenters. The SMILES string of the molecule is CC(C)(CO)N1CC(CCl)CC1=O. The van der Waals surface area contributed by atoms with E-state index in [1.54, 1.807) is 4.90 Å². The second kappa shape index (κ2) is 3.84. The first-order valence-electron chi connectivity index (χ1n) is 4.48. The van der Waals surface area contributed by atoms with E-state index in [-0.39, 0.29) is 18.4 Å². The summed E-state index contributed by atoms with van der Waals surface area (Å²) in [5.74, 6) is 0.869. The monoisotopic (exact) mass is 205 g/mol. The minimum atomic E-state index is -0.447. The highest BCUT2D eigenvalue weighted by atomic mass is 35.5. The Kier molecular flexibility index (Phi) is 3.19. The topological polar surface area (TPSA) is 40.5 Å². The van der Waals surface area contributed by atoms with E-state index < -0.39 is 5.54 Å². The molecule has 0 aromatic carbocycles. The van der Waals surface area contributed by atoms with Crippen molar-refractivity contribution in [2.75, 3.05) is 19.0 Å². The molecule has 0 bridgehead atoms. The molecule has 13 heavy (non-hydrogen) atoms. The number of likely N-dealkylation sites (tertiary alicyclic amines) is 1. The van der Waals surface area contributed by atoms with Crippen LogP contribution in [0.15, 0.2) is 0 Å². The average molecular weight is 206 g/mol. The quantitative estimate of drug-likeness (QED) is 0.694. The molecule has 3 nitrogen and oxygen atoms in total. The van der Waals surface area contributed by atoms with Gasteiger partial charge in [-0.3, -0.25) is 4.79 Å². The van der Waals surface area contributed by atoms with Gasteiger partial charge in [0.25, 0.3) is 0 Å². The Morgan fingerprint density at radius 2 is 2.31 bits per heavy atom. The highest BCUT2D eigenvalue weighted by Gasteiger charge is 2.37. The van der Waals surface area contributed by atoms with Crippen molar-refractivity contribution in [2.24, 2.45) is 5.92 Å². The van der Waals surface area contributed by atoms with Crippen LogP contribution in [-0.2, 0) is 4.79 Å². The van der Waals surface area contributed by atoms with E-state index in [2.05, 4.69) is 0 Å². The zero-order chi connectivity index (χ0) is 10.1. The molecule has 4 heteroatoms. The number of aliphatic hydroxyl groups excluding tert-OH is 1. The van der Waals surface area contributed by atoms with Gasteiger partial charge < -0.3 is 10.0 Å². The Balaban J connectivity index is 2.67. The van der Waals surface area contributed by atoms with E-state index in [4.69, 9.17) is 16.7 Å². The van der Waals surface area contributed by atoms with Crippen molar-refractivity contribution < 1.29 is 9.90 Å². The second-order valence-electron chi connectivity index (χ2n) is 4.20. The van der Waals surface area contributed by atoms with Gasteiger partial charge >= 0.3 is 0 Å². The van der Waals surface area contributed by atoms with Gasteiger partial charge in [0.05, 0.1) is 12.1 Å². The van der Waals surface area contributed by atoms with Crippen molar-refractivity contribution in [1.82, 2.24) is 4.90 Å². The molecule has 0 saturated carbocycles. The largest absolute Gasteiger partial charge is 0.394 e. The molecule has 0 aliphatic carbocycles. The van der Waals surface area contributed by atoms with Gasteiger partial charge in [0.1, 0.15) is 0 Å². The summed E-state index contributed by atoms with van der Waals surface area (Å²) in [5.41, 5.74) is -0.447. The molecule has 0 radical (unpaired) electrons. The van der Waals surface area contributed by atoms with Gasteiger partial charge in [-0.25, -0.2) is 0 Å². The highest BCUT2D eigenvalue weighted by Crippen LogP contribution is 2.26. The molecule has 76 valence electrons. The molecule has 1 amide bonds. The van der Waals surface area contributed by atoms with Gasteiger partial charge in [-0.05, 0) is 19.8 Å². The van der Waals surface area contributed by atoms with E-state index in [1.807, 2.05) is 13.8 Å². The first-order chi connectivity index (χ1) is 6.01. The standard InChI is InChI=1S/C9H16ClNO2/c1-9(2,6-12)11-5-7(4-10)3-8(11)13/h7,12H,3-6H2,1-2H3. The number of hydrogen-bond acceptors (Lipinski definition) is 2. The molecule has 1 rings (SSSR count). The molecule has 0 spiro atoms. The molecule has 1 atom stereocenters.